The molecule has 0 saturated carbocycles. The van der Waals surface area contributed by atoms with Gasteiger partial charge in [0.15, 0.2) is 23.3 Å². The Labute approximate surface area is 335 Å². The number of nitrogens with one attached hydrogen (secondary N) is 1. The van der Waals surface area contributed by atoms with Crippen LogP contribution in [0.2, 0.25) is 0 Å². The third-order valence-electron chi connectivity index (χ3n) is 9.88. The van der Waals surface area contributed by atoms with Crippen LogP contribution in [0.4, 0.5) is 70.2 Å². The standard InChI is InChI=1S/C28H12BF16O4.C11H17N/c1-46-25-5(9(30)13(34)17(38)21(25)42)29(6-10(31)14(35)18(39)22(43)26(6)47-2,7-11(32)15(36)19(40)23(44)27(7)48-3)8-12(33)16(37)20(41)24(45)28(8)49-4;1-3-12(4-2)10-11-8-6-5-7-9-11/h1-4H3;5-9H,3-4,10H2,1-2H3/q-1;/p+1. The second-order valence-corrected chi connectivity index (χ2v) is 12.8. The molecule has 5 rings (SSSR count). The summed E-state index contributed by atoms with van der Waals surface area (Å²) < 4.78 is 263. The lowest BCUT2D eigenvalue weighted by Gasteiger charge is -2.46. The lowest BCUT2D eigenvalue weighted by molar-refractivity contribution is -0.910. The molecule has 0 unspecified atom stereocenters. The van der Waals surface area contributed by atoms with Gasteiger partial charge in [0.2, 0.25) is 46.5 Å². The van der Waals surface area contributed by atoms with Gasteiger partial charge in [-0.05, 0) is 13.8 Å². The molecule has 0 fully saturated rings. The Morgan fingerprint density at radius 1 is 0.361 bits per heavy atom. The number of methoxy groups -OCH3 is 4. The summed E-state index contributed by atoms with van der Waals surface area (Å²) in [5.41, 5.74) is -8.92. The number of hydrogen-bond acceptors (Lipinski definition) is 4. The van der Waals surface area contributed by atoms with E-state index >= 15 is 52.7 Å². The molecule has 0 spiro atoms. The van der Waals surface area contributed by atoms with Gasteiger partial charge < -0.3 is 23.8 Å². The SMILES string of the molecule is CC[NH+](CC)Cc1ccccc1.COc1c(F)c(F)c(F)c(F)c1[B-](c1c(F)c(F)c(F)c(F)c1OC)(c1c(F)c(F)c(F)c(F)c1OC)c1c(F)c(F)c(F)c(F)c1OC. The van der Waals surface area contributed by atoms with E-state index < -0.39 is 144 Å². The Hall–Kier alpha value is -5.80. The predicted octanol–water partition coefficient (Wildman–Crippen LogP) is 6.44. The van der Waals surface area contributed by atoms with Gasteiger partial charge in [0.1, 0.15) is 59.0 Å². The average Bonchev–Trinajstić information content (AvgIpc) is 3.26. The van der Waals surface area contributed by atoms with E-state index in [1.807, 2.05) is 0 Å². The molecular weight excluding hydrogens is 861 g/mol. The van der Waals surface area contributed by atoms with E-state index in [0.29, 0.717) is 0 Å². The summed E-state index contributed by atoms with van der Waals surface area (Å²) in [5.74, 6) is -56.6. The quantitative estimate of drug-likeness (QED) is 0.0679. The summed E-state index contributed by atoms with van der Waals surface area (Å²) in [6.07, 6.45) is -6.25. The first-order valence-corrected chi connectivity index (χ1v) is 17.4. The van der Waals surface area contributed by atoms with Crippen LogP contribution in [0.1, 0.15) is 19.4 Å². The van der Waals surface area contributed by atoms with Gasteiger partial charge in [-0.25, -0.2) is 52.7 Å². The largest absolute Gasteiger partial charge is 0.497 e. The Balaban J connectivity index is 0.000000586. The maximum Gasteiger partial charge on any atom is 0.201 e. The molecule has 61 heavy (non-hydrogen) atoms. The fourth-order valence-electron chi connectivity index (χ4n) is 7.11. The zero-order valence-electron chi connectivity index (χ0n) is 32.3. The Kier molecular flexibility index (Phi) is 14.8. The molecule has 5 aromatic rings. The van der Waals surface area contributed by atoms with Crippen molar-refractivity contribution in [2.24, 2.45) is 0 Å². The van der Waals surface area contributed by atoms with Crippen LogP contribution in [0.25, 0.3) is 0 Å². The van der Waals surface area contributed by atoms with Crippen LogP contribution >= 0.6 is 0 Å². The van der Waals surface area contributed by atoms with Gasteiger partial charge in [-0.2, -0.15) is 17.6 Å². The van der Waals surface area contributed by atoms with Crippen LogP contribution in [0, 0.1) is 93.1 Å². The van der Waals surface area contributed by atoms with E-state index in [2.05, 4.69) is 63.1 Å². The normalized spacial score (nSPS) is 11.5. The van der Waals surface area contributed by atoms with Crippen molar-refractivity contribution < 1.29 is 94.1 Å². The molecule has 22 heteroatoms. The summed E-state index contributed by atoms with van der Waals surface area (Å²) in [7, 11) is 0.880. The van der Waals surface area contributed by atoms with Crippen molar-refractivity contribution in [3.8, 4) is 23.0 Å². The fourth-order valence-corrected chi connectivity index (χ4v) is 7.11. The third-order valence-corrected chi connectivity index (χ3v) is 9.88. The zero-order valence-corrected chi connectivity index (χ0v) is 32.3. The zero-order chi connectivity index (χ0) is 46.0. The highest BCUT2D eigenvalue weighted by molar-refractivity contribution is 7.21. The van der Waals surface area contributed by atoms with Crippen molar-refractivity contribution in [2.75, 3.05) is 41.5 Å². The summed E-state index contributed by atoms with van der Waals surface area (Å²) >= 11 is 0. The van der Waals surface area contributed by atoms with Crippen molar-refractivity contribution in [3.05, 3.63) is 129 Å². The number of ether oxygens (including phenoxy) is 4. The fraction of sp³-hybridized carbons (Fsp3) is 0.231. The number of halogens is 16. The number of hydrogen-bond donors (Lipinski definition) is 1. The summed E-state index contributed by atoms with van der Waals surface area (Å²) in [6.45, 7) is 8.06. The van der Waals surface area contributed by atoms with Crippen molar-refractivity contribution in [1.29, 1.82) is 0 Å². The molecule has 0 aliphatic rings. The molecule has 0 radical (unpaired) electrons. The minimum Gasteiger partial charge on any atom is -0.497 e. The van der Waals surface area contributed by atoms with Crippen molar-refractivity contribution >= 4 is 28.0 Å². The molecule has 1 N–H and O–H groups in total. The van der Waals surface area contributed by atoms with Crippen LogP contribution in [-0.4, -0.2) is 47.7 Å². The number of rotatable bonds is 12. The highest BCUT2D eigenvalue weighted by Crippen LogP contribution is 2.38. The highest BCUT2D eigenvalue weighted by Gasteiger charge is 2.53. The van der Waals surface area contributed by atoms with E-state index in [1.54, 1.807) is 4.90 Å². The van der Waals surface area contributed by atoms with E-state index in [1.165, 1.54) is 18.7 Å². The van der Waals surface area contributed by atoms with Crippen LogP contribution in [0.5, 0.6) is 23.0 Å². The first-order valence-electron chi connectivity index (χ1n) is 17.4. The lowest BCUT2D eigenvalue weighted by Crippen LogP contribution is -3.10. The van der Waals surface area contributed by atoms with Gasteiger partial charge in [0.25, 0.3) is 0 Å². The van der Waals surface area contributed by atoms with Crippen molar-refractivity contribution in [3.63, 3.8) is 0 Å². The van der Waals surface area contributed by atoms with Gasteiger partial charge in [-0.15, -0.1) is 21.9 Å². The van der Waals surface area contributed by atoms with E-state index in [9.17, 15) is 17.6 Å². The highest BCUT2D eigenvalue weighted by atomic mass is 19.2. The molecule has 0 saturated heterocycles. The number of quaternary nitrogens is 1. The van der Waals surface area contributed by atoms with Gasteiger partial charge in [0.05, 0.1) is 41.5 Å². The maximum absolute atomic E-state index is 16.3. The molecule has 0 bridgehead atoms. The molecule has 0 atom stereocenters. The number of benzene rings is 5. The van der Waals surface area contributed by atoms with E-state index in [4.69, 9.17) is 0 Å². The summed E-state index contributed by atoms with van der Waals surface area (Å²) in [5, 5.41) is 0. The second-order valence-electron chi connectivity index (χ2n) is 12.8. The maximum atomic E-state index is 16.3. The summed E-state index contributed by atoms with van der Waals surface area (Å²) in [4.78, 5) is 1.64. The van der Waals surface area contributed by atoms with Gasteiger partial charge in [-0.3, -0.25) is 0 Å². The van der Waals surface area contributed by atoms with E-state index in [-0.39, 0.29) is 28.4 Å². The predicted molar refractivity (Wildman–Crippen MR) is 188 cm³/mol. The van der Waals surface area contributed by atoms with Crippen LogP contribution in [-0.2, 0) is 6.54 Å². The molecule has 0 heterocycles. The molecule has 0 aromatic heterocycles. The first-order chi connectivity index (χ1) is 28.7. The molecule has 330 valence electrons. The molecule has 0 aliphatic carbocycles. The topological polar surface area (TPSA) is 41.4 Å². The smallest absolute Gasteiger partial charge is 0.201 e. The van der Waals surface area contributed by atoms with Crippen molar-refractivity contribution in [1.82, 2.24) is 0 Å². The van der Waals surface area contributed by atoms with Gasteiger partial charge >= 0.3 is 0 Å². The second kappa shape index (κ2) is 18.9. The van der Waals surface area contributed by atoms with E-state index in [0.717, 1.165) is 6.54 Å². The minimum atomic E-state index is -6.25. The average molecular weight is 891 g/mol. The van der Waals surface area contributed by atoms with Gasteiger partial charge in [0, 0.05) is 5.56 Å². The Morgan fingerprint density at radius 3 is 0.803 bits per heavy atom. The molecule has 5 aromatic carbocycles. The Morgan fingerprint density at radius 2 is 0.590 bits per heavy atom. The minimum absolute atomic E-state index is 0.220. The molecule has 0 aliphatic heterocycles. The monoisotopic (exact) mass is 891 g/mol. The van der Waals surface area contributed by atoms with Crippen LogP contribution < -0.4 is 45.7 Å². The lowest BCUT2D eigenvalue weighted by atomic mass is 9.12. The molecule has 5 nitrogen and oxygen atoms in total. The Bertz CT molecular complexity index is 2180. The van der Waals surface area contributed by atoms with Crippen LogP contribution in [0.3, 0.4) is 0 Å². The van der Waals surface area contributed by atoms with Crippen molar-refractivity contribution in [2.45, 2.75) is 20.4 Å². The summed E-state index contributed by atoms with van der Waals surface area (Å²) in [6, 6.07) is 10.7. The molecule has 0 amide bonds. The first kappa shape index (κ1) is 47.9. The van der Waals surface area contributed by atoms with Gasteiger partial charge in [-0.1, -0.05) is 30.3 Å². The third kappa shape index (κ3) is 7.73. The van der Waals surface area contributed by atoms with Crippen LogP contribution in [0.15, 0.2) is 30.3 Å². The molecular formula is C39H30BF16NO4.